The van der Waals surface area contributed by atoms with E-state index in [1.165, 1.54) is 0 Å². The van der Waals surface area contributed by atoms with Gasteiger partial charge in [0.1, 0.15) is 6.29 Å². The van der Waals surface area contributed by atoms with Gasteiger partial charge in [-0.25, -0.2) is 0 Å². The van der Waals surface area contributed by atoms with Crippen LogP contribution in [0.15, 0.2) is 0 Å². The predicted octanol–water partition coefficient (Wildman–Crippen LogP) is -0.700. The molecular weight excluding hydrogens is 144 g/mol. The Balaban J connectivity index is 3.30. The monoisotopic (exact) mass is 158 g/mol. The summed E-state index contributed by atoms with van der Waals surface area (Å²) in [4.78, 5) is 20.7. The average molecular weight is 158 g/mol. The SMILES string of the molecule is CC(C)NC(=O)CNCC=O. The van der Waals surface area contributed by atoms with Crippen molar-refractivity contribution in [3.8, 4) is 0 Å². The van der Waals surface area contributed by atoms with Crippen LogP contribution in [-0.2, 0) is 9.59 Å². The minimum absolute atomic E-state index is 0.0816. The van der Waals surface area contributed by atoms with Crippen molar-refractivity contribution in [2.45, 2.75) is 19.9 Å². The number of nitrogens with one attached hydrogen (secondary N) is 2. The number of rotatable bonds is 5. The molecule has 0 aromatic heterocycles. The lowest BCUT2D eigenvalue weighted by atomic mass is 10.4. The van der Waals surface area contributed by atoms with Crippen LogP contribution in [0.3, 0.4) is 0 Å². The molecule has 0 heterocycles. The Labute approximate surface area is 66.4 Å². The molecule has 2 N–H and O–H groups in total. The third kappa shape index (κ3) is 6.99. The smallest absolute Gasteiger partial charge is 0.234 e. The van der Waals surface area contributed by atoms with E-state index in [2.05, 4.69) is 10.6 Å². The lowest BCUT2D eigenvalue weighted by Crippen LogP contribution is -2.38. The van der Waals surface area contributed by atoms with Gasteiger partial charge in [-0.05, 0) is 13.8 Å². The van der Waals surface area contributed by atoms with E-state index in [1.54, 1.807) is 0 Å². The number of hydrogen-bond acceptors (Lipinski definition) is 3. The van der Waals surface area contributed by atoms with Crippen LogP contribution in [0.25, 0.3) is 0 Å². The number of carbonyl (C=O) groups is 2. The van der Waals surface area contributed by atoms with Crippen molar-refractivity contribution in [2.75, 3.05) is 13.1 Å². The van der Waals surface area contributed by atoms with E-state index >= 15 is 0 Å². The van der Waals surface area contributed by atoms with Crippen LogP contribution in [0.4, 0.5) is 0 Å². The van der Waals surface area contributed by atoms with Crippen LogP contribution in [0.2, 0.25) is 0 Å². The Morgan fingerprint density at radius 1 is 1.55 bits per heavy atom. The Morgan fingerprint density at radius 3 is 2.64 bits per heavy atom. The molecule has 0 aliphatic rings. The van der Waals surface area contributed by atoms with Gasteiger partial charge in [0, 0.05) is 6.04 Å². The van der Waals surface area contributed by atoms with Crippen LogP contribution in [0.5, 0.6) is 0 Å². The highest BCUT2D eigenvalue weighted by molar-refractivity contribution is 5.78. The van der Waals surface area contributed by atoms with E-state index in [9.17, 15) is 9.59 Å². The minimum atomic E-state index is -0.0816. The summed E-state index contributed by atoms with van der Waals surface area (Å²) < 4.78 is 0. The van der Waals surface area contributed by atoms with Gasteiger partial charge in [-0.1, -0.05) is 0 Å². The fourth-order valence-corrected chi connectivity index (χ4v) is 0.618. The Kier molecular flexibility index (Phi) is 5.37. The molecule has 0 atom stereocenters. The van der Waals surface area contributed by atoms with Crippen molar-refractivity contribution in [1.82, 2.24) is 10.6 Å². The number of amides is 1. The van der Waals surface area contributed by atoms with Gasteiger partial charge < -0.3 is 15.4 Å². The van der Waals surface area contributed by atoms with Crippen molar-refractivity contribution in [3.63, 3.8) is 0 Å². The molecule has 0 saturated carbocycles. The van der Waals surface area contributed by atoms with Gasteiger partial charge in [0.25, 0.3) is 0 Å². The molecule has 0 bridgehead atoms. The molecule has 0 radical (unpaired) electrons. The van der Waals surface area contributed by atoms with E-state index in [-0.39, 0.29) is 25.0 Å². The quantitative estimate of drug-likeness (QED) is 0.411. The molecular formula is C7H14N2O2. The van der Waals surface area contributed by atoms with Crippen molar-refractivity contribution in [1.29, 1.82) is 0 Å². The Morgan fingerprint density at radius 2 is 2.18 bits per heavy atom. The molecule has 4 nitrogen and oxygen atoms in total. The number of aldehydes is 1. The summed E-state index contributed by atoms with van der Waals surface area (Å²) in [6.07, 6.45) is 0.725. The highest BCUT2D eigenvalue weighted by Crippen LogP contribution is 1.74. The largest absolute Gasteiger partial charge is 0.353 e. The van der Waals surface area contributed by atoms with Gasteiger partial charge in [0.15, 0.2) is 0 Å². The van der Waals surface area contributed by atoms with Crippen molar-refractivity contribution >= 4 is 12.2 Å². The lowest BCUT2D eigenvalue weighted by molar-refractivity contribution is -0.120. The second kappa shape index (κ2) is 5.85. The zero-order valence-electron chi connectivity index (χ0n) is 6.89. The highest BCUT2D eigenvalue weighted by atomic mass is 16.2. The normalized spacial score (nSPS) is 9.73. The van der Waals surface area contributed by atoms with Crippen molar-refractivity contribution in [2.24, 2.45) is 0 Å². The number of carbonyl (C=O) groups excluding carboxylic acids is 2. The van der Waals surface area contributed by atoms with E-state index in [4.69, 9.17) is 0 Å². The molecule has 11 heavy (non-hydrogen) atoms. The van der Waals surface area contributed by atoms with Crippen LogP contribution in [-0.4, -0.2) is 31.3 Å². The van der Waals surface area contributed by atoms with E-state index in [0.29, 0.717) is 0 Å². The molecule has 4 heteroatoms. The van der Waals surface area contributed by atoms with Gasteiger partial charge in [-0.15, -0.1) is 0 Å². The highest BCUT2D eigenvalue weighted by Gasteiger charge is 2.00. The lowest BCUT2D eigenvalue weighted by Gasteiger charge is -2.07. The Hall–Kier alpha value is -0.900. The van der Waals surface area contributed by atoms with Crippen LogP contribution in [0.1, 0.15) is 13.8 Å². The first kappa shape index (κ1) is 10.1. The third-order valence-corrected chi connectivity index (χ3v) is 0.963. The molecule has 0 aliphatic carbocycles. The maximum atomic E-state index is 10.8. The van der Waals surface area contributed by atoms with Gasteiger partial charge in [0.05, 0.1) is 13.1 Å². The molecule has 0 unspecified atom stereocenters. The van der Waals surface area contributed by atoms with Gasteiger partial charge >= 0.3 is 0 Å². The average Bonchev–Trinajstić information content (AvgIpc) is 1.86. The first-order valence-electron chi connectivity index (χ1n) is 3.60. The standard InChI is InChI=1S/C7H14N2O2/c1-6(2)9-7(11)5-8-3-4-10/h4,6,8H,3,5H2,1-2H3,(H,9,11). The zero-order valence-corrected chi connectivity index (χ0v) is 6.89. The second-order valence-corrected chi connectivity index (χ2v) is 2.52. The summed E-state index contributed by atoms with van der Waals surface area (Å²) in [5.41, 5.74) is 0. The van der Waals surface area contributed by atoms with Crippen LogP contribution in [0, 0.1) is 0 Å². The van der Waals surface area contributed by atoms with Gasteiger partial charge in [0.2, 0.25) is 5.91 Å². The summed E-state index contributed by atoms with van der Waals surface area (Å²) in [7, 11) is 0. The first-order valence-corrected chi connectivity index (χ1v) is 3.60. The fourth-order valence-electron chi connectivity index (χ4n) is 0.618. The summed E-state index contributed by atoms with van der Waals surface area (Å²) in [6, 6.07) is 0.153. The predicted molar refractivity (Wildman–Crippen MR) is 42.2 cm³/mol. The molecule has 0 saturated heterocycles. The summed E-state index contributed by atoms with van der Waals surface area (Å²) >= 11 is 0. The maximum Gasteiger partial charge on any atom is 0.234 e. The second-order valence-electron chi connectivity index (χ2n) is 2.52. The summed E-state index contributed by atoms with van der Waals surface area (Å²) in [6.45, 7) is 4.21. The van der Waals surface area contributed by atoms with Gasteiger partial charge in [-0.3, -0.25) is 4.79 Å². The van der Waals surface area contributed by atoms with E-state index < -0.39 is 0 Å². The minimum Gasteiger partial charge on any atom is -0.353 e. The maximum absolute atomic E-state index is 10.8. The van der Waals surface area contributed by atoms with Crippen LogP contribution < -0.4 is 10.6 Å². The van der Waals surface area contributed by atoms with E-state index in [1.807, 2.05) is 13.8 Å². The van der Waals surface area contributed by atoms with Crippen molar-refractivity contribution in [3.05, 3.63) is 0 Å². The topological polar surface area (TPSA) is 58.2 Å². The summed E-state index contributed by atoms with van der Waals surface area (Å²) in [5.74, 6) is -0.0816. The van der Waals surface area contributed by atoms with Crippen LogP contribution >= 0.6 is 0 Å². The Bertz CT molecular complexity index is 134. The molecule has 0 aliphatic heterocycles. The fraction of sp³-hybridized carbons (Fsp3) is 0.714. The molecule has 0 spiro atoms. The zero-order chi connectivity index (χ0) is 8.69. The van der Waals surface area contributed by atoms with E-state index in [0.717, 1.165) is 6.29 Å². The molecule has 64 valence electrons. The van der Waals surface area contributed by atoms with Gasteiger partial charge in [-0.2, -0.15) is 0 Å². The van der Waals surface area contributed by atoms with Crippen molar-refractivity contribution < 1.29 is 9.59 Å². The molecule has 0 rings (SSSR count). The summed E-state index contributed by atoms with van der Waals surface area (Å²) in [5, 5.41) is 5.34. The molecule has 0 fully saturated rings. The first-order chi connectivity index (χ1) is 5.16. The molecule has 0 aromatic rings. The molecule has 1 amide bonds. The number of hydrogen-bond donors (Lipinski definition) is 2. The third-order valence-electron chi connectivity index (χ3n) is 0.963. The molecule has 0 aromatic carbocycles.